The van der Waals surface area contributed by atoms with Gasteiger partial charge in [0.25, 0.3) is 5.88 Å². The van der Waals surface area contributed by atoms with Gasteiger partial charge in [0.05, 0.1) is 38.5 Å². The van der Waals surface area contributed by atoms with Gasteiger partial charge in [-0.15, -0.1) is 4.37 Å². The number of aromatic nitrogens is 2. The topological polar surface area (TPSA) is 70.5 Å². The molecule has 188 valence electrons. The van der Waals surface area contributed by atoms with Gasteiger partial charge >= 0.3 is 6.16 Å². The molecule has 2 unspecified atom stereocenters. The van der Waals surface area contributed by atoms with E-state index in [1.165, 1.54) is 50.3 Å². The van der Waals surface area contributed by atoms with Gasteiger partial charge in [-0.2, -0.15) is 4.37 Å². The predicted molar refractivity (Wildman–Crippen MR) is 133 cm³/mol. The van der Waals surface area contributed by atoms with Crippen LogP contribution in [0.5, 0.6) is 5.88 Å². The molecule has 2 heterocycles. The maximum absolute atomic E-state index is 12.3. The van der Waals surface area contributed by atoms with E-state index >= 15 is 0 Å². The van der Waals surface area contributed by atoms with Gasteiger partial charge in [-0.05, 0) is 12.8 Å². The lowest BCUT2D eigenvalue weighted by atomic mass is 10.0. The Labute approximate surface area is 204 Å². The van der Waals surface area contributed by atoms with Gasteiger partial charge in [-0.25, -0.2) is 4.79 Å². The van der Waals surface area contributed by atoms with Crippen molar-refractivity contribution in [2.75, 3.05) is 33.4 Å². The predicted octanol–water partition coefficient (Wildman–Crippen LogP) is 6.59. The minimum atomic E-state index is -0.556. The van der Waals surface area contributed by atoms with Crippen molar-refractivity contribution in [3.05, 3.63) is 11.8 Å². The summed E-state index contributed by atoms with van der Waals surface area (Å²) in [4.78, 5) is 12.3. The van der Waals surface area contributed by atoms with Crippen molar-refractivity contribution in [3.63, 3.8) is 0 Å². The lowest BCUT2D eigenvalue weighted by molar-refractivity contribution is -0.947. The lowest BCUT2D eigenvalue weighted by Gasteiger charge is -2.42. The first kappa shape index (κ1) is 27.6. The molecule has 1 aliphatic heterocycles. The molecule has 0 amide bonds. The van der Waals surface area contributed by atoms with Crippen molar-refractivity contribution in [2.45, 2.75) is 97.6 Å². The Hall–Kier alpha value is -1.67. The summed E-state index contributed by atoms with van der Waals surface area (Å²) >= 11 is 1.19. The number of ether oxygens (including phenoxy) is 3. The molecule has 0 saturated heterocycles. The van der Waals surface area contributed by atoms with Crippen LogP contribution >= 0.6 is 11.7 Å². The normalized spacial score (nSPS) is 19.1. The first-order valence-corrected chi connectivity index (χ1v) is 13.6. The molecular formula is C25H44N3O4S+. The van der Waals surface area contributed by atoms with Crippen LogP contribution in [0.2, 0.25) is 0 Å². The largest absolute Gasteiger partial charge is 0.512 e. The maximum Gasteiger partial charge on any atom is 0.512 e. The van der Waals surface area contributed by atoms with E-state index in [1.807, 2.05) is 0 Å². The summed E-state index contributed by atoms with van der Waals surface area (Å²) in [5.41, 5.74) is 1.96. The van der Waals surface area contributed by atoms with Gasteiger partial charge in [0.2, 0.25) is 6.23 Å². The van der Waals surface area contributed by atoms with Crippen LogP contribution in [0.1, 0.15) is 97.1 Å². The number of quaternary nitrogens is 1. The molecule has 0 fully saturated rings. The van der Waals surface area contributed by atoms with Crippen LogP contribution in [-0.4, -0.2) is 59.0 Å². The zero-order chi connectivity index (χ0) is 23.9. The molecule has 33 heavy (non-hydrogen) atoms. The summed E-state index contributed by atoms with van der Waals surface area (Å²) in [6.45, 7) is 9.17. The Balaban J connectivity index is 1.89. The molecular weight excluding hydrogens is 438 g/mol. The third-order valence-corrected chi connectivity index (χ3v) is 6.82. The zero-order valence-electron chi connectivity index (χ0n) is 21.1. The smallest absolute Gasteiger partial charge is 0.475 e. The summed E-state index contributed by atoms with van der Waals surface area (Å²) < 4.78 is 26.6. The fourth-order valence-corrected chi connectivity index (χ4v) is 4.84. The lowest BCUT2D eigenvalue weighted by Crippen LogP contribution is -2.56. The van der Waals surface area contributed by atoms with Gasteiger partial charge in [-0.3, -0.25) is 4.48 Å². The van der Waals surface area contributed by atoms with Gasteiger partial charge in [-0.1, -0.05) is 71.8 Å². The minimum absolute atomic E-state index is 0.258. The molecule has 0 aliphatic carbocycles. The molecule has 2 atom stereocenters. The highest BCUT2D eigenvalue weighted by molar-refractivity contribution is 6.99. The standard InChI is InChI=1S/C25H44N3O4S/c1-5-8-10-12-14-19-31-25(29)32-22(7-3)28(4)17-15-16-21(20-28)23-24(27-33-26-23)30-18-13-11-9-6-2/h16,22H,5-15,17-20H2,1-4H3/q+1. The van der Waals surface area contributed by atoms with Crippen LogP contribution in [-0.2, 0) is 9.47 Å². The quantitative estimate of drug-likeness (QED) is 0.150. The summed E-state index contributed by atoms with van der Waals surface area (Å²) in [7, 11) is 2.14. The third-order valence-electron chi connectivity index (χ3n) is 6.31. The fraction of sp³-hybridized carbons (Fsp3) is 0.800. The summed E-state index contributed by atoms with van der Waals surface area (Å²) in [6, 6.07) is 0. The van der Waals surface area contributed by atoms with E-state index in [-0.39, 0.29) is 6.23 Å². The van der Waals surface area contributed by atoms with Crippen LogP contribution in [0.4, 0.5) is 4.79 Å². The maximum atomic E-state index is 12.3. The van der Waals surface area contributed by atoms with Crippen molar-refractivity contribution >= 4 is 23.5 Å². The van der Waals surface area contributed by atoms with E-state index in [4.69, 9.17) is 14.2 Å². The van der Waals surface area contributed by atoms with Crippen molar-refractivity contribution < 1.29 is 23.5 Å². The number of likely N-dealkylation sites (N-methyl/N-ethyl adjacent to an activating group) is 1. The highest BCUT2D eigenvalue weighted by Crippen LogP contribution is 2.32. The molecule has 0 radical (unpaired) electrons. The second-order valence-electron chi connectivity index (χ2n) is 9.20. The van der Waals surface area contributed by atoms with Gasteiger partial charge in [0.15, 0.2) is 0 Å². The van der Waals surface area contributed by atoms with Crippen LogP contribution in [0.15, 0.2) is 6.08 Å². The van der Waals surface area contributed by atoms with Crippen molar-refractivity contribution in [1.82, 2.24) is 8.75 Å². The Morgan fingerprint density at radius 2 is 1.73 bits per heavy atom. The number of carbonyl (C=O) groups excluding carboxylic acids is 1. The number of rotatable bonds is 16. The molecule has 1 aromatic rings. The highest BCUT2D eigenvalue weighted by atomic mass is 32.1. The average Bonchev–Trinajstić information content (AvgIpc) is 3.28. The molecule has 0 spiro atoms. The Morgan fingerprint density at radius 1 is 1.03 bits per heavy atom. The Bertz CT molecular complexity index is 724. The van der Waals surface area contributed by atoms with Crippen LogP contribution in [0.25, 0.3) is 5.57 Å². The summed E-state index contributed by atoms with van der Waals surface area (Å²) in [5.74, 6) is 0.632. The Kier molecular flexibility index (Phi) is 12.8. The van der Waals surface area contributed by atoms with Crippen molar-refractivity contribution in [3.8, 4) is 5.88 Å². The molecule has 0 saturated carbocycles. The number of hydrogen-bond acceptors (Lipinski definition) is 7. The van der Waals surface area contributed by atoms with Gasteiger partial charge in [0, 0.05) is 18.4 Å². The number of carbonyl (C=O) groups is 1. The van der Waals surface area contributed by atoms with E-state index in [9.17, 15) is 4.79 Å². The molecule has 8 heteroatoms. The number of hydrogen-bond donors (Lipinski definition) is 0. The number of unbranched alkanes of at least 4 members (excludes halogenated alkanes) is 7. The molecule has 0 aromatic carbocycles. The average molecular weight is 483 g/mol. The second kappa shape index (κ2) is 15.3. The van der Waals surface area contributed by atoms with E-state index < -0.39 is 6.16 Å². The SMILES string of the molecule is CCCCCCCOC(=O)OC(CC)[N+]1(C)CCC=C(c2nsnc2OCCCCCC)C1. The fourth-order valence-electron chi connectivity index (χ4n) is 4.31. The first-order chi connectivity index (χ1) is 16.0. The van der Waals surface area contributed by atoms with E-state index in [2.05, 4.69) is 42.6 Å². The minimum Gasteiger partial charge on any atom is -0.475 e. The summed E-state index contributed by atoms with van der Waals surface area (Å²) in [5, 5.41) is 0. The van der Waals surface area contributed by atoms with Gasteiger partial charge in [0.1, 0.15) is 12.2 Å². The van der Waals surface area contributed by atoms with Crippen molar-refractivity contribution in [1.29, 1.82) is 0 Å². The highest BCUT2D eigenvalue weighted by Gasteiger charge is 2.38. The number of nitrogens with zero attached hydrogens (tertiary/aromatic N) is 3. The van der Waals surface area contributed by atoms with Crippen LogP contribution in [0, 0.1) is 0 Å². The zero-order valence-corrected chi connectivity index (χ0v) is 22.0. The molecule has 0 bridgehead atoms. The van der Waals surface area contributed by atoms with Crippen LogP contribution in [0.3, 0.4) is 0 Å². The van der Waals surface area contributed by atoms with Crippen molar-refractivity contribution in [2.24, 2.45) is 0 Å². The van der Waals surface area contributed by atoms with E-state index in [1.54, 1.807) is 0 Å². The van der Waals surface area contributed by atoms with E-state index in [0.29, 0.717) is 23.6 Å². The first-order valence-electron chi connectivity index (χ1n) is 12.9. The van der Waals surface area contributed by atoms with Crippen LogP contribution < -0.4 is 4.74 Å². The third kappa shape index (κ3) is 9.24. The molecule has 0 N–H and O–H groups in total. The Morgan fingerprint density at radius 3 is 2.45 bits per heavy atom. The second-order valence-corrected chi connectivity index (χ2v) is 9.73. The molecule has 1 aliphatic rings. The monoisotopic (exact) mass is 482 g/mol. The van der Waals surface area contributed by atoms with E-state index in [0.717, 1.165) is 56.5 Å². The molecule has 2 rings (SSSR count). The molecule has 1 aromatic heterocycles. The summed E-state index contributed by atoms with van der Waals surface area (Å²) in [6.07, 6.45) is 13.3. The van der Waals surface area contributed by atoms with Gasteiger partial charge < -0.3 is 14.2 Å². The molecule has 7 nitrogen and oxygen atoms in total.